The summed E-state index contributed by atoms with van der Waals surface area (Å²) in [5.41, 5.74) is -1.79. The lowest BCUT2D eigenvalue weighted by atomic mass is 9.83. The molecule has 1 aromatic carbocycles. The highest BCUT2D eigenvalue weighted by Crippen LogP contribution is 2.47. The first-order valence-corrected chi connectivity index (χ1v) is 13.7. The number of nitrogens with zero attached hydrogens (tertiary/aromatic N) is 2. The second-order valence-corrected chi connectivity index (χ2v) is 12.3. The van der Waals surface area contributed by atoms with Crippen molar-refractivity contribution in [3.8, 4) is 11.8 Å². The zero-order valence-electron chi connectivity index (χ0n) is 22.1. The van der Waals surface area contributed by atoms with Crippen LogP contribution in [0.4, 0.5) is 4.79 Å². The van der Waals surface area contributed by atoms with Crippen LogP contribution in [0.5, 0.6) is 5.75 Å². The van der Waals surface area contributed by atoms with Gasteiger partial charge in [-0.2, -0.15) is 10.3 Å². The number of benzene rings is 1. The van der Waals surface area contributed by atoms with Crippen LogP contribution in [-0.4, -0.2) is 66.2 Å². The number of carbonyl (C=O) groups is 2. The summed E-state index contributed by atoms with van der Waals surface area (Å²) in [6.07, 6.45) is -0.540. The van der Waals surface area contributed by atoms with Crippen LogP contribution in [0.15, 0.2) is 42.6 Å². The summed E-state index contributed by atoms with van der Waals surface area (Å²) in [6, 6.07) is 8.69. The van der Waals surface area contributed by atoms with E-state index in [1.165, 1.54) is 24.9 Å². The van der Waals surface area contributed by atoms with Gasteiger partial charge in [-0.05, 0) is 37.5 Å². The van der Waals surface area contributed by atoms with E-state index in [0.717, 1.165) is 0 Å². The summed E-state index contributed by atoms with van der Waals surface area (Å²) in [6.45, 7) is 8.63. The number of aliphatic hydroxyl groups excluding tert-OH is 1. The minimum atomic E-state index is -4.24. The number of esters is 1. The van der Waals surface area contributed by atoms with Gasteiger partial charge in [0.15, 0.2) is 6.23 Å². The minimum Gasteiger partial charge on any atom is -0.464 e. The summed E-state index contributed by atoms with van der Waals surface area (Å²) >= 11 is 0. The monoisotopic (exact) mass is 550 g/mol. The first kappa shape index (κ1) is 29.6. The van der Waals surface area contributed by atoms with Crippen LogP contribution in [0.1, 0.15) is 34.6 Å². The predicted octanol–water partition coefficient (Wildman–Crippen LogP) is 2.91. The van der Waals surface area contributed by atoms with Gasteiger partial charge in [0.1, 0.15) is 29.4 Å². The van der Waals surface area contributed by atoms with Gasteiger partial charge >= 0.3 is 19.7 Å². The maximum absolute atomic E-state index is 13.8. The molecule has 3 rings (SSSR count). The predicted molar refractivity (Wildman–Crippen MR) is 136 cm³/mol. The molecule has 0 aromatic heterocycles. The molecule has 0 spiro atoms. The summed E-state index contributed by atoms with van der Waals surface area (Å²) in [5.74, 6) is -0.445. The molecule has 1 saturated heterocycles. The van der Waals surface area contributed by atoms with E-state index in [-0.39, 0.29) is 17.8 Å². The Balaban J connectivity index is 1.77. The smallest absolute Gasteiger partial charge is 0.459 e. The Morgan fingerprint density at radius 1 is 1.39 bits per heavy atom. The van der Waals surface area contributed by atoms with Crippen molar-refractivity contribution < 1.29 is 37.8 Å². The van der Waals surface area contributed by atoms with Crippen molar-refractivity contribution >= 4 is 19.7 Å². The van der Waals surface area contributed by atoms with E-state index in [1.807, 2.05) is 26.8 Å². The van der Waals surface area contributed by atoms with Gasteiger partial charge in [0.05, 0.1) is 19.3 Å². The lowest BCUT2D eigenvalue weighted by Crippen LogP contribution is -2.52. The van der Waals surface area contributed by atoms with Gasteiger partial charge in [0, 0.05) is 12.7 Å². The molecule has 13 heteroatoms. The van der Waals surface area contributed by atoms with Crippen molar-refractivity contribution in [1.29, 1.82) is 5.26 Å². The summed E-state index contributed by atoms with van der Waals surface area (Å²) in [7, 11) is -4.24. The molecule has 1 fully saturated rings. The van der Waals surface area contributed by atoms with Gasteiger partial charge in [0.2, 0.25) is 0 Å². The maximum atomic E-state index is 13.8. The number of amides is 2. The molecule has 0 radical (unpaired) electrons. The van der Waals surface area contributed by atoms with Gasteiger partial charge in [0.25, 0.3) is 0 Å². The fraction of sp³-hybridized carbons (Fsp3) is 0.560. The third kappa shape index (κ3) is 7.12. The van der Waals surface area contributed by atoms with Crippen LogP contribution in [0.3, 0.4) is 0 Å². The summed E-state index contributed by atoms with van der Waals surface area (Å²) in [4.78, 5) is 26.1. The average Bonchev–Trinajstić information content (AvgIpc) is 3.12. The molecule has 0 saturated carbocycles. The number of hydrogen-bond donors (Lipinski definition) is 3. The molecule has 0 bridgehead atoms. The number of ether oxygens (including phenoxy) is 2. The van der Waals surface area contributed by atoms with Gasteiger partial charge in [-0.15, -0.1) is 0 Å². The van der Waals surface area contributed by atoms with Gasteiger partial charge in [-0.3, -0.25) is 14.2 Å². The zero-order valence-corrected chi connectivity index (χ0v) is 23.0. The van der Waals surface area contributed by atoms with Gasteiger partial charge in [-0.1, -0.05) is 39.0 Å². The Kier molecular flexibility index (Phi) is 9.23. The highest BCUT2D eigenvalue weighted by molar-refractivity contribution is 7.52. The third-order valence-corrected chi connectivity index (χ3v) is 7.52. The number of nitrogens with one attached hydrogen (secondary N) is 2. The number of para-hydroxylation sites is 1. The van der Waals surface area contributed by atoms with Crippen LogP contribution < -0.4 is 14.9 Å². The Bertz CT molecular complexity index is 1120. The van der Waals surface area contributed by atoms with Gasteiger partial charge < -0.3 is 24.4 Å². The van der Waals surface area contributed by atoms with Crippen molar-refractivity contribution in [3.63, 3.8) is 0 Å². The highest BCUT2D eigenvalue weighted by Gasteiger charge is 2.57. The fourth-order valence-electron chi connectivity index (χ4n) is 3.76. The largest absolute Gasteiger partial charge is 0.464 e. The van der Waals surface area contributed by atoms with Gasteiger partial charge in [-0.25, -0.2) is 9.36 Å². The lowest BCUT2D eigenvalue weighted by Gasteiger charge is -2.34. The molecule has 2 amide bonds. The molecular weight excluding hydrogens is 515 g/mol. The number of hydrogen-bond acceptors (Lipinski definition) is 9. The van der Waals surface area contributed by atoms with Crippen molar-refractivity contribution in [2.24, 2.45) is 10.8 Å². The Morgan fingerprint density at radius 3 is 2.68 bits per heavy atom. The van der Waals surface area contributed by atoms with Crippen LogP contribution in [0, 0.1) is 22.2 Å². The molecule has 0 aliphatic carbocycles. The van der Waals surface area contributed by atoms with Crippen molar-refractivity contribution in [2.45, 2.75) is 59.1 Å². The van der Waals surface area contributed by atoms with Crippen molar-refractivity contribution in [1.82, 2.24) is 15.3 Å². The third-order valence-electron chi connectivity index (χ3n) is 5.88. The summed E-state index contributed by atoms with van der Waals surface area (Å²) < 4.78 is 36.2. The van der Waals surface area contributed by atoms with E-state index in [1.54, 1.807) is 36.4 Å². The Hall–Kier alpha value is -2.94. The molecule has 2 aliphatic heterocycles. The van der Waals surface area contributed by atoms with Crippen molar-refractivity contribution in [2.75, 3.05) is 19.8 Å². The summed E-state index contributed by atoms with van der Waals surface area (Å²) in [5, 5.41) is 26.0. The molecule has 1 aromatic rings. The molecule has 38 heavy (non-hydrogen) atoms. The second kappa shape index (κ2) is 11.8. The molecule has 3 N–H and O–H groups in total. The normalized spacial score (nSPS) is 27.7. The van der Waals surface area contributed by atoms with Crippen LogP contribution in [0.25, 0.3) is 0 Å². The van der Waals surface area contributed by atoms with Crippen LogP contribution in [0.2, 0.25) is 0 Å². The number of carbonyl (C=O) groups excluding carboxylic acids is 2. The lowest BCUT2D eigenvalue weighted by molar-refractivity contribution is -0.148. The SMILES string of the molecule is CC(NP(=O)(OCC1OC(N2C=CCNC2=O)C(C)(C#N)C1O)Oc1ccccc1)C(=O)OCC(C)(C)C. The minimum absolute atomic E-state index is 0.150. The Labute approximate surface area is 222 Å². The zero-order chi connectivity index (χ0) is 28.1. The van der Waals surface area contributed by atoms with Crippen molar-refractivity contribution in [3.05, 3.63) is 42.6 Å². The first-order chi connectivity index (χ1) is 17.8. The maximum Gasteiger partial charge on any atom is 0.459 e. The number of nitriles is 1. The number of rotatable bonds is 10. The fourth-order valence-corrected chi connectivity index (χ4v) is 5.26. The molecule has 2 aliphatic rings. The Morgan fingerprint density at radius 2 is 2.08 bits per heavy atom. The van der Waals surface area contributed by atoms with E-state index in [2.05, 4.69) is 10.4 Å². The van der Waals surface area contributed by atoms with Crippen LogP contribution in [-0.2, 0) is 23.4 Å². The first-order valence-electron chi connectivity index (χ1n) is 12.2. The molecule has 208 valence electrons. The highest BCUT2D eigenvalue weighted by atomic mass is 31.2. The number of aliphatic hydroxyl groups is 1. The van der Waals surface area contributed by atoms with E-state index >= 15 is 0 Å². The molecule has 2 heterocycles. The van der Waals surface area contributed by atoms with E-state index in [0.29, 0.717) is 6.54 Å². The molecule has 6 unspecified atom stereocenters. The quantitative estimate of drug-likeness (QED) is 0.292. The van der Waals surface area contributed by atoms with E-state index in [4.69, 9.17) is 18.5 Å². The number of urea groups is 1. The van der Waals surface area contributed by atoms with E-state index < -0.39 is 56.2 Å². The van der Waals surface area contributed by atoms with E-state index in [9.17, 15) is 24.5 Å². The molecule has 12 nitrogen and oxygen atoms in total. The standard InChI is InChI=1S/C25H35N4O8P/c1-17(21(31)34-16-24(2,3)4)28-38(33,37-18-10-7-6-8-11-18)35-14-19-20(30)25(5,15-26)22(36-19)29-13-9-12-27-23(29)32/h6-11,13,17,19-20,22,30H,12,14,16H2,1-5H3,(H,27,32)(H,28,33). The average molecular weight is 551 g/mol. The van der Waals surface area contributed by atoms with Crippen LogP contribution >= 0.6 is 7.75 Å². The topological polar surface area (TPSA) is 159 Å². The molecular formula is C25H35N4O8P. The second-order valence-electron chi connectivity index (χ2n) is 10.6. The molecule has 6 atom stereocenters.